The van der Waals surface area contributed by atoms with E-state index >= 15 is 0 Å². The normalized spacial score (nSPS) is 20.1. The van der Waals surface area contributed by atoms with Crippen molar-refractivity contribution in [3.05, 3.63) is 27.6 Å². The quantitative estimate of drug-likeness (QED) is 0.774. The number of anilines is 1. The summed E-state index contributed by atoms with van der Waals surface area (Å²) in [7, 11) is -3.63. The number of carbonyl (C=O) groups is 1. The Balaban J connectivity index is 2.20. The maximum absolute atomic E-state index is 13.8. The number of sulfonamides is 1. The number of amides is 1. The van der Waals surface area contributed by atoms with Gasteiger partial charge in [-0.05, 0) is 40.8 Å². The number of carbonyl (C=O) groups excluding carboxylic acids is 1. The molecule has 1 atom stereocenters. The van der Waals surface area contributed by atoms with E-state index in [0.717, 1.165) is 3.57 Å². The molecule has 2 rings (SSSR count). The fraction of sp³-hybridized carbons (Fsp3) is 0.364. The van der Waals surface area contributed by atoms with E-state index in [1.54, 1.807) is 6.07 Å². The topological polar surface area (TPSA) is 80.5 Å². The Bertz CT molecular complexity index is 620. The van der Waals surface area contributed by atoms with Gasteiger partial charge >= 0.3 is 0 Å². The third kappa shape index (κ3) is 3.63. The molecular weight excluding hydrogens is 386 g/mol. The number of halogens is 2. The second kappa shape index (κ2) is 5.33. The fourth-order valence-electron chi connectivity index (χ4n) is 2.15. The number of nitrogens with two attached hydrogens (primary N) is 1. The highest BCUT2D eigenvalue weighted by Gasteiger charge is 2.33. The monoisotopic (exact) mass is 398 g/mol. The molecule has 0 radical (unpaired) electrons. The second-order valence-corrected chi connectivity index (χ2v) is 7.40. The lowest BCUT2D eigenvalue weighted by molar-refractivity contribution is -0.117. The van der Waals surface area contributed by atoms with E-state index in [1.807, 2.05) is 22.6 Å². The van der Waals surface area contributed by atoms with Gasteiger partial charge in [0.1, 0.15) is 5.82 Å². The third-order valence-electron chi connectivity index (χ3n) is 2.87. The van der Waals surface area contributed by atoms with Gasteiger partial charge in [0, 0.05) is 22.5 Å². The molecule has 19 heavy (non-hydrogen) atoms. The first-order valence-corrected chi connectivity index (χ1v) is 8.31. The Morgan fingerprint density at radius 2 is 2.16 bits per heavy atom. The number of primary sulfonamides is 1. The third-order valence-corrected chi connectivity index (χ3v) is 4.48. The zero-order chi connectivity index (χ0) is 14.2. The van der Waals surface area contributed by atoms with E-state index in [4.69, 9.17) is 5.14 Å². The van der Waals surface area contributed by atoms with Crippen LogP contribution in [0.25, 0.3) is 0 Å². The van der Waals surface area contributed by atoms with Crippen LogP contribution < -0.4 is 10.0 Å². The molecule has 1 aromatic carbocycles. The largest absolute Gasteiger partial charge is 0.309 e. The van der Waals surface area contributed by atoms with Crippen molar-refractivity contribution >= 4 is 44.2 Å². The van der Waals surface area contributed by atoms with Crippen LogP contribution in [0.1, 0.15) is 6.42 Å². The first kappa shape index (κ1) is 14.7. The molecule has 1 aromatic rings. The fourth-order valence-corrected chi connectivity index (χ4v) is 3.49. The minimum absolute atomic E-state index is 0.0713. The molecule has 0 aliphatic carbocycles. The number of hydrogen-bond donors (Lipinski definition) is 1. The number of nitrogens with zero attached hydrogens (tertiary/aromatic N) is 1. The molecule has 1 heterocycles. The van der Waals surface area contributed by atoms with Crippen molar-refractivity contribution in [2.45, 2.75) is 6.42 Å². The van der Waals surface area contributed by atoms with E-state index in [1.165, 1.54) is 17.0 Å². The molecule has 1 unspecified atom stereocenters. The Morgan fingerprint density at radius 1 is 1.47 bits per heavy atom. The van der Waals surface area contributed by atoms with E-state index in [2.05, 4.69) is 0 Å². The van der Waals surface area contributed by atoms with E-state index in [0.29, 0.717) is 0 Å². The van der Waals surface area contributed by atoms with Crippen LogP contribution in [0.2, 0.25) is 0 Å². The standard InChI is InChI=1S/C11H12FIN2O3S/c12-9-4-8(13)1-2-10(9)15-5-7(3-11(15)16)6-19(14,17)18/h1-2,4,7H,3,5-6H2,(H2,14,17,18). The molecule has 0 bridgehead atoms. The van der Waals surface area contributed by atoms with Crippen LogP contribution in [-0.2, 0) is 14.8 Å². The van der Waals surface area contributed by atoms with Crippen molar-refractivity contribution in [2.75, 3.05) is 17.2 Å². The molecule has 1 aliphatic rings. The molecule has 1 fully saturated rings. The molecule has 0 saturated carbocycles. The van der Waals surface area contributed by atoms with Gasteiger partial charge < -0.3 is 4.90 Å². The summed E-state index contributed by atoms with van der Waals surface area (Å²) in [4.78, 5) is 13.1. The summed E-state index contributed by atoms with van der Waals surface area (Å²) < 4.78 is 36.6. The van der Waals surface area contributed by atoms with Crippen LogP contribution >= 0.6 is 22.6 Å². The molecule has 0 aromatic heterocycles. The number of hydrogen-bond acceptors (Lipinski definition) is 3. The number of rotatable bonds is 3. The highest BCUT2D eigenvalue weighted by atomic mass is 127. The van der Waals surface area contributed by atoms with Crippen molar-refractivity contribution < 1.29 is 17.6 Å². The SMILES string of the molecule is NS(=O)(=O)CC1CC(=O)N(c2ccc(I)cc2F)C1. The molecule has 104 valence electrons. The molecule has 1 amide bonds. The van der Waals surface area contributed by atoms with Crippen LogP contribution in [-0.4, -0.2) is 26.6 Å². The first-order valence-electron chi connectivity index (χ1n) is 5.52. The van der Waals surface area contributed by atoms with Gasteiger partial charge in [0.25, 0.3) is 0 Å². The second-order valence-electron chi connectivity index (χ2n) is 4.50. The van der Waals surface area contributed by atoms with Gasteiger partial charge in [-0.15, -0.1) is 0 Å². The van der Waals surface area contributed by atoms with Crippen molar-refractivity contribution in [3.8, 4) is 0 Å². The van der Waals surface area contributed by atoms with E-state index in [9.17, 15) is 17.6 Å². The molecular formula is C11H12FIN2O3S. The Kier molecular flexibility index (Phi) is 4.11. The molecule has 0 spiro atoms. The lowest BCUT2D eigenvalue weighted by Crippen LogP contribution is -2.28. The van der Waals surface area contributed by atoms with E-state index < -0.39 is 15.8 Å². The van der Waals surface area contributed by atoms with Gasteiger partial charge in [0.15, 0.2) is 0 Å². The van der Waals surface area contributed by atoms with Crippen molar-refractivity contribution in [1.82, 2.24) is 0 Å². The first-order chi connectivity index (χ1) is 8.76. The molecule has 5 nitrogen and oxygen atoms in total. The van der Waals surface area contributed by atoms with Crippen molar-refractivity contribution in [2.24, 2.45) is 11.1 Å². The Hall–Kier alpha value is -0.740. The van der Waals surface area contributed by atoms with Crippen LogP contribution in [0.4, 0.5) is 10.1 Å². The zero-order valence-corrected chi connectivity index (χ0v) is 12.8. The minimum atomic E-state index is -3.63. The van der Waals surface area contributed by atoms with Gasteiger partial charge in [0.05, 0.1) is 11.4 Å². The predicted molar refractivity (Wildman–Crippen MR) is 77.6 cm³/mol. The van der Waals surface area contributed by atoms with Gasteiger partial charge in [-0.3, -0.25) is 4.79 Å². The summed E-state index contributed by atoms with van der Waals surface area (Å²) in [6, 6.07) is 4.55. The molecule has 1 saturated heterocycles. The van der Waals surface area contributed by atoms with Gasteiger partial charge in [-0.25, -0.2) is 17.9 Å². The Morgan fingerprint density at radius 3 is 2.74 bits per heavy atom. The number of benzene rings is 1. The van der Waals surface area contributed by atoms with Crippen LogP contribution in [0.15, 0.2) is 18.2 Å². The van der Waals surface area contributed by atoms with Gasteiger partial charge in [-0.1, -0.05) is 0 Å². The Labute approximate surface area is 124 Å². The molecule has 2 N–H and O–H groups in total. The maximum Gasteiger partial charge on any atom is 0.227 e. The summed E-state index contributed by atoms with van der Waals surface area (Å²) in [5.41, 5.74) is 0.183. The van der Waals surface area contributed by atoms with Crippen LogP contribution in [0, 0.1) is 15.3 Å². The average Bonchev–Trinajstić information content (AvgIpc) is 2.56. The zero-order valence-electron chi connectivity index (χ0n) is 9.84. The van der Waals surface area contributed by atoms with Crippen LogP contribution in [0.5, 0.6) is 0 Å². The molecule has 8 heteroatoms. The summed E-state index contributed by atoms with van der Waals surface area (Å²) in [6.07, 6.45) is 0.0713. The summed E-state index contributed by atoms with van der Waals surface area (Å²) in [5.74, 6) is -1.42. The predicted octanol–water partition coefficient (Wildman–Crippen LogP) is 1.07. The smallest absolute Gasteiger partial charge is 0.227 e. The van der Waals surface area contributed by atoms with Crippen molar-refractivity contribution in [1.29, 1.82) is 0 Å². The van der Waals surface area contributed by atoms with E-state index in [-0.39, 0.29) is 36.2 Å². The summed E-state index contributed by atoms with van der Waals surface area (Å²) >= 11 is 1.97. The van der Waals surface area contributed by atoms with Crippen LogP contribution in [0.3, 0.4) is 0 Å². The lowest BCUT2D eigenvalue weighted by atomic mass is 10.1. The average molecular weight is 398 g/mol. The molecule has 1 aliphatic heterocycles. The summed E-state index contributed by atoms with van der Waals surface area (Å²) in [5, 5.41) is 4.96. The van der Waals surface area contributed by atoms with Gasteiger partial charge in [-0.2, -0.15) is 0 Å². The van der Waals surface area contributed by atoms with Gasteiger partial charge in [0.2, 0.25) is 15.9 Å². The maximum atomic E-state index is 13.8. The minimum Gasteiger partial charge on any atom is -0.309 e. The highest BCUT2D eigenvalue weighted by Crippen LogP contribution is 2.28. The lowest BCUT2D eigenvalue weighted by Gasteiger charge is -2.17. The van der Waals surface area contributed by atoms with Crippen molar-refractivity contribution in [3.63, 3.8) is 0 Å². The summed E-state index contributed by atoms with van der Waals surface area (Å²) in [6.45, 7) is 0.173. The highest BCUT2D eigenvalue weighted by molar-refractivity contribution is 14.1.